The fourth-order valence-corrected chi connectivity index (χ4v) is 1.95. The number of hydrogen-bond acceptors (Lipinski definition) is 5. The molecule has 1 heterocycles. The monoisotopic (exact) mass is 277 g/mol. The number of Topliss-reactive ketones (excluding diaryl/α,β-unsaturated/α-hetero) is 1. The molecule has 2 rings (SSSR count). The van der Waals surface area contributed by atoms with Crippen LogP contribution in [0.3, 0.4) is 0 Å². The average Bonchev–Trinajstić information content (AvgIpc) is 2.42. The summed E-state index contributed by atoms with van der Waals surface area (Å²) in [6, 6.07) is 5.14. The highest BCUT2D eigenvalue weighted by Crippen LogP contribution is 2.21. The number of benzene rings is 1. The molecular weight excluding hydrogens is 262 g/mol. The van der Waals surface area contributed by atoms with E-state index in [9.17, 15) is 14.4 Å². The van der Waals surface area contributed by atoms with Gasteiger partial charge in [-0.1, -0.05) is 6.07 Å². The molecule has 0 N–H and O–H groups in total. The van der Waals surface area contributed by atoms with Gasteiger partial charge in [0.15, 0.2) is 5.78 Å². The number of rotatable bonds is 4. The first-order valence-electron chi connectivity index (χ1n) is 6.11. The highest BCUT2D eigenvalue weighted by Gasteiger charge is 2.29. The zero-order valence-corrected chi connectivity index (χ0v) is 11.3. The summed E-state index contributed by atoms with van der Waals surface area (Å²) in [5.41, 5.74) is 1.31. The molecule has 2 amide bonds. The van der Waals surface area contributed by atoms with E-state index in [4.69, 9.17) is 9.47 Å². The Morgan fingerprint density at radius 2 is 1.95 bits per heavy atom. The van der Waals surface area contributed by atoms with E-state index >= 15 is 0 Å². The van der Waals surface area contributed by atoms with Crippen molar-refractivity contribution in [1.29, 1.82) is 0 Å². The topological polar surface area (TPSA) is 72.9 Å². The first kappa shape index (κ1) is 14.2. The lowest BCUT2D eigenvalue weighted by Crippen LogP contribution is -2.48. The Hall–Kier alpha value is -2.21. The van der Waals surface area contributed by atoms with Crippen LogP contribution in [0.25, 0.3) is 0 Å². The van der Waals surface area contributed by atoms with Crippen LogP contribution >= 0.6 is 0 Å². The summed E-state index contributed by atoms with van der Waals surface area (Å²) >= 11 is 0. The third-order valence-electron chi connectivity index (χ3n) is 3.01. The molecule has 6 nitrogen and oxygen atoms in total. The second-order valence-corrected chi connectivity index (χ2v) is 4.49. The summed E-state index contributed by atoms with van der Waals surface area (Å²) in [5, 5.41) is 0. The van der Waals surface area contributed by atoms with E-state index in [1.807, 2.05) is 6.92 Å². The molecule has 6 heteroatoms. The van der Waals surface area contributed by atoms with Gasteiger partial charge >= 0.3 is 0 Å². The van der Waals surface area contributed by atoms with Gasteiger partial charge in [-0.2, -0.15) is 0 Å². The number of methoxy groups -OCH3 is 1. The van der Waals surface area contributed by atoms with Gasteiger partial charge < -0.3 is 9.47 Å². The molecule has 1 aromatic rings. The van der Waals surface area contributed by atoms with Crippen molar-refractivity contribution in [2.45, 2.75) is 6.92 Å². The fraction of sp³-hybridized carbons (Fsp3) is 0.357. The zero-order chi connectivity index (χ0) is 14.7. The molecule has 0 aromatic heterocycles. The lowest BCUT2D eigenvalue weighted by molar-refractivity contribution is -0.157. The molecule has 20 heavy (non-hydrogen) atoms. The van der Waals surface area contributed by atoms with Crippen LogP contribution in [0.4, 0.5) is 0 Å². The van der Waals surface area contributed by atoms with Gasteiger partial charge in [-0.25, -0.2) is 0 Å². The predicted octanol–water partition coefficient (Wildman–Crippen LogP) is 0.572. The number of morpholine rings is 1. The molecule has 1 aliphatic heterocycles. The maximum absolute atomic E-state index is 12.2. The van der Waals surface area contributed by atoms with Gasteiger partial charge in [-0.05, 0) is 24.6 Å². The van der Waals surface area contributed by atoms with Crippen LogP contribution in [0.15, 0.2) is 18.2 Å². The molecule has 1 saturated heterocycles. The number of aryl methyl sites for hydroxylation is 1. The van der Waals surface area contributed by atoms with Crippen molar-refractivity contribution in [2.24, 2.45) is 0 Å². The Bertz CT molecular complexity index is 551. The van der Waals surface area contributed by atoms with Gasteiger partial charge in [-0.3, -0.25) is 19.3 Å². The van der Waals surface area contributed by atoms with Crippen molar-refractivity contribution in [2.75, 3.05) is 26.9 Å². The van der Waals surface area contributed by atoms with Gasteiger partial charge in [0, 0.05) is 0 Å². The van der Waals surface area contributed by atoms with Crippen molar-refractivity contribution >= 4 is 17.6 Å². The van der Waals surface area contributed by atoms with Gasteiger partial charge in [0.2, 0.25) is 0 Å². The molecule has 0 saturated carbocycles. The van der Waals surface area contributed by atoms with E-state index in [0.717, 1.165) is 10.5 Å². The van der Waals surface area contributed by atoms with Crippen LogP contribution in [-0.4, -0.2) is 49.4 Å². The number of carbonyl (C=O) groups excluding carboxylic acids is 3. The molecule has 106 valence electrons. The van der Waals surface area contributed by atoms with Crippen LogP contribution in [0.2, 0.25) is 0 Å². The highest BCUT2D eigenvalue weighted by atomic mass is 16.5. The number of carbonyl (C=O) groups is 3. The van der Waals surface area contributed by atoms with Crippen LogP contribution in [0.5, 0.6) is 5.75 Å². The number of ketones is 1. The van der Waals surface area contributed by atoms with Crippen LogP contribution in [-0.2, 0) is 14.3 Å². The summed E-state index contributed by atoms with van der Waals surface area (Å²) in [4.78, 5) is 36.3. The molecule has 1 fully saturated rings. The lowest BCUT2D eigenvalue weighted by atomic mass is 10.1. The predicted molar refractivity (Wildman–Crippen MR) is 69.6 cm³/mol. The minimum Gasteiger partial charge on any atom is -0.496 e. The first-order valence-corrected chi connectivity index (χ1v) is 6.11. The summed E-state index contributed by atoms with van der Waals surface area (Å²) in [6.07, 6.45) is 0. The quantitative estimate of drug-likeness (QED) is 0.594. The highest BCUT2D eigenvalue weighted by molar-refractivity contribution is 6.07. The molecule has 0 radical (unpaired) electrons. The van der Waals surface area contributed by atoms with E-state index in [1.165, 1.54) is 7.11 Å². The van der Waals surface area contributed by atoms with Crippen molar-refractivity contribution in [1.82, 2.24) is 4.90 Å². The summed E-state index contributed by atoms with van der Waals surface area (Å²) in [7, 11) is 1.47. The average molecular weight is 277 g/mol. The van der Waals surface area contributed by atoms with E-state index in [0.29, 0.717) is 11.3 Å². The third-order valence-corrected chi connectivity index (χ3v) is 3.01. The van der Waals surface area contributed by atoms with E-state index < -0.39 is 11.8 Å². The molecule has 0 atom stereocenters. The minimum absolute atomic E-state index is 0.177. The fourth-order valence-electron chi connectivity index (χ4n) is 1.95. The van der Waals surface area contributed by atoms with E-state index in [2.05, 4.69) is 0 Å². The smallest absolute Gasteiger partial charge is 0.255 e. The normalized spacial score (nSPS) is 15.4. The standard InChI is InChI=1S/C14H15NO5/c1-9-3-4-10(12(5-9)19-2)11(16)6-15-13(17)7-20-8-14(15)18/h3-5H,6-8H2,1-2H3. The van der Waals surface area contributed by atoms with Crippen molar-refractivity contribution in [3.63, 3.8) is 0 Å². The van der Waals surface area contributed by atoms with Crippen LogP contribution < -0.4 is 4.74 Å². The number of nitrogens with zero attached hydrogens (tertiary/aromatic N) is 1. The Labute approximate surface area is 116 Å². The van der Waals surface area contributed by atoms with Crippen molar-refractivity contribution < 1.29 is 23.9 Å². The maximum Gasteiger partial charge on any atom is 0.255 e. The molecule has 1 aliphatic rings. The Kier molecular flexibility index (Phi) is 4.14. The molecule has 0 unspecified atom stereocenters. The SMILES string of the molecule is COc1cc(C)ccc1C(=O)CN1C(=O)COCC1=O. The van der Waals surface area contributed by atoms with Crippen molar-refractivity contribution in [3.05, 3.63) is 29.3 Å². The molecule has 0 bridgehead atoms. The summed E-state index contributed by atoms with van der Waals surface area (Å²) < 4.78 is 9.95. The van der Waals surface area contributed by atoms with Crippen LogP contribution in [0, 0.1) is 6.92 Å². The number of amides is 2. The van der Waals surface area contributed by atoms with Gasteiger partial charge in [0.25, 0.3) is 11.8 Å². The number of hydrogen-bond donors (Lipinski definition) is 0. The van der Waals surface area contributed by atoms with E-state index in [1.54, 1.807) is 18.2 Å². The first-order chi connectivity index (χ1) is 9.52. The largest absolute Gasteiger partial charge is 0.496 e. The second kappa shape index (κ2) is 5.83. The minimum atomic E-state index is -0.499. The maximum atomic E-state index is 12.2. The van der Waals surface area contributed by atoms with Crippen LogP contribution in [0.1, 0.15) is 15.9 Å². The van der Waals surface area contributed by atoms with Gasteiger partial charge in [-0.15, -0.1) is 0 Å². The second-order valence-electron chi connectivity index (χ2n) is 4.49. The molecular formula is C14H15NO5. The summed E-state index contributed by atoms with van der Waals surface area (Å²) in [5.74, 6) is -0.907. The molecule has 0 aliphatic carbocycles. The molecule has 1 aromatic carbocycles. The number of ether oxygens (including phenoxy) is 2. The number of imide groups is 1. The van der Waals surface area contributed by atoms with Gasteiger partial charge in [0.1, 0.15) is 19.0 Å². The van der Waals surface area contributed by atoms with E-state index in [-0.39, 0.29) is 25.5 Å². The molecule has 0 spiro atoms. The zero-order valence-electron chi connectivity index (χ0n) is 11.3. The Morgan fingerprint density at radius 1 is 1.30 bits per heavy atom. The third kappa shape index (κ3) is 2.85. The van der Waals surface area contributed by atoms with Crippen molar-refractivity contribution in [3.8, 4) is 5.75 Å². The summed E-state index contributed by atoms with van der Waals surface area (Å²) in [6.45, 7) is 1.24. The van der Waals surface area contributed by atoms with Gasteiger partial charge in [0.05, 0.1) is 19.2 Å². The Balaban J connectivity index is 2.19. The lowest BCUT2D eigenvalue weighted by Gasteiger charge is -2.24. The Morgan fingerprint density at radius 3 is 2.55 bits per heavy atom.